The molecular weight excluding hydrogens is 288 g/mol. The van der Waals surface area contributed by atoms with E-state index in [1.165, 1.54) is 0 Å². The minimum Gasteiger partial charge on any atom is -0.378 e. The van der Waals surface area contributed by atoms with Gasteiger partial charge >= 0.3 is 0 Å². The topological polar surface area (TPSA) is 24.9 Å². The van der Waals surface area contributed by atoms with Crippen LogP contribution in [0.3, 0.4) is 0 Å². The number of anilines is 1. The van der Waals surface area contributed by atoms with E-state index in [0.29, 0.717) is 6.54 Å². The van der Waals surface area contributed by atoms with E-state index in [2.05, 4.69) is 26.2 Å². The van der Waals surface area contributed by atoms with Crippen molar-refractivity contribution in [2.24, 2.45) is 0 Å². The highest BCUT2D eigenvalue weighted by atomic mass is 79.9. The molecule has 0 saturated carbocycles. The van der Waals surface area contributed by atoms with Crippen molar-refractivity contribution in [1.29, 1.82) is 0 Å². The molecule has 0 unspecified atom stereocenters. The zero-order valence-electron chi connectivity index (χ0n) is 8.45. The average Bonchev–Trinajstić information content (AvgIpc) is 2.29. The Morgan fingerprint density at radius 2 is 2.12 bits per heavy atom. The second-order valence-corrected chi connectivity index (χ2v) is 4.59. The van der Waals surface area contributed by atoms with Crippen LogP contribution < -0.4 is 5.32 Å². The van der Waals surface area contributed by atoms with Gasteiger partial charge in [-0.15, -0.1) is 0 Å². The lowest BCUT2D eigenvalue weighted by Gasteiger charge is -2.08. The maximum atomic E-state index is 5.86. The predicted molar refractivity (Wildman–Crippen MR) is 70.7 cm³/mol. The third-order valence-electron chi connectivity index (χ3n) is 2.12. The molecule has 0 aliphatic rings. The lowest BCUT2D eigenvalue weighted by molar-refractivity contribution is 1.04. The molecule has 0 atom stereocenters. The van der Waals surface area contributed by atoms with Gasteiger partial charge in [0.05, 0.1) is 12.2 Å². The third kappa shape index (κ3) is 2.97. The zero-order chi connectivity index (χ0) is 11.4. The summed E-state index contributed by atoms with van der Waals surface area (Å²) in [4.78, 5) is 4.24. The Balaban J connectivity index is 2.05. The SMILES string of the molecule is Clc1ccc(NCc2ccccn2)c(Br)c1. The summed E-state index contributed by atoms with van der Waals surface area (Å²) in [7, 11) is 0. The number of hydrogen-bond acceptors (Lipinski definition) is 2. The van der Waals surface area contributed by atoms with Gasteiger partial charge < -0.3 is 5.32 Å². The van der Waals surface area contributed by atoms with E-state index in [9.17, 15) is 0 Å². The second-order valence-electron chi connectivity index (χ2n) is 3.30. The van der Waals surface area contributed by atoms with Gasteiger partial charge in [-0.2, -0.15) is 0 Å². The van der Waals surface area contributed by atoms with E-state index in [4.69, 9.17) is 11.6 Å². The number of rotatable bonds is 3. The lowest BCUT2D eigenvalue weighted by atomic mass is 10.3. The van der Waals surface area contributed by atoms with Crippen LogP contribution in [-0.4, -0.2) is 4.98 Å². The van der Waals surface area contributed by atoms with Crippen LogP contribution in [0.2, 0.25) is 5.02 Å². The van der Waals surface area contributed by atoms with Crippen LogP contribution in [0.5, 0.6) is 0 Å². The van der Waals surface area contributed by atoms with Crippen LogP contribution in [0, 0.1) is 0 Å². The molecule has 82 valence electrons. The van der Waals surface area contributed by atoms with E-state index in [0.717, 1.165) is 20.9 Å². The van der Waals surface area contributed by atoms with Gasteiger partial charge in [-0.1, -0.05) is 17.7 Å². The summed E-state index contributed by atoms with van der Waals surface area (Å²) in [6.45, 7) is 0.696. The molecule has 2 nitrogen and oxygen atoms in total. The monoisotopic (exact) mass is 296 g/mol. The summed E-state index contributed by atoms with van der Waals surface area (Å²) in [5.74, 6) is 0. The van der Waals surface area contributed by atoms with Crippen molar-refractivity contribution < 1.29 is 0 Å². The number of hydrogen-bond donors (Lipinski definition) is 1. The van der Waals surface area contributed by atoms with Crippen LogP contribution >= 0.6 is 27.5 Å². The van der Waals surface area contributed by atoms with Crippen molar-refractivity contribution >= 4 is 33.2 Å². The first-order valence-corrected chi connectivity index (χ1v) is 6.01. The number of nitrogens with one attached hydrogen (secondary N) is 1. The fourth-order valence-electron chi connectivity index (χ4n) is 1.32. The fourth-order valence-corrected chi connectivity index (χ4v) is 2.14. The van der Waals surface area contributed by atoms with E-state index in [-0.39, 0.29) is 0 Å². The van der Waals surface area contributed by atoms with Crippen LogP contribution in [0.15, 0.2) is 47.1 Å². The summed E-state index contributed by atoms with van der Waals surface area (Å²) in [6.07, 6.45) is 1.79. The van der Waals surface area contributed by atoms with Gasteiger partial charge in [-0.05, 0) is 46.3 Å². The minimum atomic E-state index is 0.696. The maximum absolute atomic E-state index is 5.86. The quantitative estimate of drug-likeness (QED) is 0.922. The van der Waals surface area contributed by atoms with Crippen LogP contribution in [0.4, 0.5) is 5.69 Å². The Hall–Kier alpha value is -1.06. The number of aromatic nitrogens is 1. The molecule has 16 heavy (non-hydrogen) atoms. The molecule has 2 rings (SSSR count). The molecule has 0 fully saturated rings. The molecule has 0 bridgehead atoms. The Kier molecular flexibility index (Phi) is 3.80. The van der Waals surface area contributed by atoms with Gasteiger partial charge in [0.15, 0.2) is 0 Å². The lowest BCUT2D eigenvalue weighted by Crippen LogP contribution is -2.01. The molecule has 1 N–H and O–H groups in total. The molecule has 0 saturated heterocycles. The van der Waals surface area contributed by atoms with E-state index >= 15 is 0 Å². The summed E-state index contributed by atoms with van der Waals surface area (Å²) in [5, 5.41) is 4.01. The number of benzene rings is 1. The standard InChI is InChI=1S/C12H10BrClN2/c13-11-7-9(14)4-5-12(11)16-8-10-3-1-2-6-15-10/h1-7,16H,8H2. The molecule has 0 amide bonds. The van der Waals surface area contributed by atoms with Crippen LogP contribution in [0.1, 0.15) is 5.69 Å². The Morgan fingerprint density at radius 1 is 1.25 bits per heavy atom. The summed E-state index contributed by atoms with van der Waals surface area (Å²) in [5.41, 5.74) is 2.01. The van der Waals surface area contributed by atoms with Crippen molar-refractivity contribution in [3.8, 4) is 0 Å². The molecule has 0 radical (unpaired) electrons. The highest BCUT2D eigenvalue weighted by molar-refractivity contribution is 9.10. The number of nitrogens with zero attached hydrogens (tertiary/aromatic N) is 1. The summed E-state index contributed by atoms with van der Waals surface area (Å²) >= 11 is 9.32. The van der Waals surface area contributed by atoms with Gasteiger partial charge in [0.25, 0.3) is 0 Å². The van der Waals surface area contributed by atoms with E-state index < -0.39 is 0 Å². The Labute approximate surface area is 108 Å². The fraction of sp³-hybridized carbons (Fsp3) is 0.0833. The molecule has 1 heterocycles. The molecule has 1 aromatic carbocycles. The zero-order valence-corrected chi connectivity index (χ0v) is 10.8. The minimum absolute atomic E-state index is 0.696. The van der Waals surface area contributed by atoms with Gasteiger partial charge in [0, 0.05) is 21.4 Å². The van der Waals surface area contributed by atoms with Crippen molar-refractivity contribution in [1.82, 2.24) is 4.98 Å². The normalized spacial score (nSPS) is 10.1. The Morgan fingerprint density at radius 3 is 2.81 bits per heavy atom. The van der Waals surface area contributed by atoms with Gasteiger partial charge in [0.1, 0.15) is 0 Å². The van der Waals surface area contributed by atoms with Gasteiger partial charge in [0.2, 0.25) is 0 Å². The summed E-state index contributed by atoms with van der Waals surface area (Å²) < 4.78 is 0.955. The van der Waals surface area contributed by atoms with Crippen LogP contribution in [0.25, 0.3) is 0 Å². The molecule has 0 aliphatic heterocycles. The number of pyridine rings is 1. The van der Waals surface area contributed by atoms with Crippen molar-refractivity contribution in [2.75, 3.05) is 5.32 Å². The first-order chi connectivity index (χ1) is 7.75. The molecule has 4 heteroatoms. The maximum Gasteiger partial charge on any atom is 0.0594 e. The van der Waals surface area contributed by atoms with Crippen molar-refractivity contribution in [2.45, 2.75) is 6.54 Å². The highest BCUT2D eigenvalue weighted by Gasteiger charge is 2.00. The summed E-state index contributed by atoms with van der Waals surface area (Å²) in [6, 6.07) is 11.5. The van der Waals surface area contributed by atoms with E-state index in [1.807, 2.05) is 36.4 Å². The average molecular weight is 298 g/mol. The first-order valence-electron chi connectivity index (χ1n) is 4.84. The smallest absolute Gasteiger partial charge is 0.0594 e. The second kappa shape index (κ2) is 5.32. The van der Waals surface area contributed by atoms with Crippen molar-refractivity contribution in [3.05, 3.63) is 57.8 Å². The highest BCUT2D eigenvalue weighted by Crippen LogP contribution is 2.26. The van der Waals surface area contributed by atoms with Gasteiger partial charge in [-0.3, -0.25) is 4.98 Å². The predicted octanol–water partition coefficient (Wildman–Crippen LogP) is 4.11. The number of halogens is 2. The van der Waals surface area contributed by atoms with Gasteiger partial charge in [-0.25, -0.2) is 0 Å². The largest absolute Gasteiger partial charge is 0.378 e. The van der Waals surface area contributed by atoms with Crippen molar-refractivity contribution in [3.63, 3.8) is 0 Å². The molecular formula is C12H10BrClN2. The van der Waals surface area contributed by atoms with Crippen LogP contribution in [-0.2, 0) is 6.54 Å². The molecule has 2 aromatic rings. The van der Waals surface area contributed by atoms with E-state index in [1.54, 1.807) is 6.20 Å². The third-order valence-corrected chi connectivity index (χ3v) is 3.01. The molecule has 0 aliphatic carbocycles. The Bertz CT molecular complexity index is 474. The molecule has 1 aromatic heterocycles. The molecule has 0 spiro atoms. The first kappa shape index (κ1) is 11.4.